The van der Waals surface area contributed by atoms with E-state index in [1.165, 1.54) is 16.7 Å². The summed E-state index contributed by atoms with van der Waals surface area (Å²) >= 11 is 0. The summed E-state index contributed by atoms with van der Waals surface area (Å²) in [5.41, 5.74) is 7.26. The summed E-state index contributed by atoms with van der Waals surface area (Å²) in [7, 11) is 0. The lowest BCUT2D eigenvalue weighted by molar-refractivity contribution is 0.0518. The van der Waals surface area contributed by atoms with Crippen LogP contribution in [0.3, 0.4) is 0 Å². The first-order chi connectivity index (χ1) is 16.1. The van der Waals surface area contributed by atoms with E-state index in [4.69, 9.17) is 9.47 Å². The smallest absolute Gasteiger partial charge is 0.358 e. The molecular formula is C27H29N3O3. The minimum Gasteiger partial charge on any atom is -0.488 e. The molecule has 6 heteroatoms. The minimum absolute atomic E-state index is 0.240. The Morgan fingerprint density at radius 2 is 1.94 bits per heavy atom. The van der Waals surface area contributed by atoms with Crippen LogP contribution in [0.4, 0.5) is 0 Å². The maximum Gasteiger partial charge on any atom is 0.358 e. The number of hydrogen-bond donors (Lipinski definition) is 1. The molecule has 0 radical (unpaired) electrons. The van der Waals surface area contributed by atoms with E-state index in [0.29, 0.717) is 12.3 Å². The monoisotopic (exact) mass is 443 g/mol. The van der Waals surface area contributed by atoms with Gasteiger partial charge in [0.1, 0.15) is 11.9 Å². The number of aryl methyl sites for hydroxylation is 2. The molecule has 5 rings (SSSR count). The molecular weight excluding hydrogens is 414 g/mol. The summed E-state index contributed by atoms with van der Waals surface area (Å²) in [6, 6.07) is 18.7. The zero-order valence-corrected chi connectivity index (χ0v) is 19.1. The first-order valence-electron chi connectivity index (χ1n) is 11.7. The zero-order chi connectivity index (χ0) is 22.8. The zero-order valence-electron chi connectivity index (χ0n) is 19.1. The second kappa shape index (κ2) is 9.24. The van der Waals surface area contributed by atoms with Gasteiger partial charge in [-0.3, -0.25) is 4.68 Å². The van der Waals surface area contributed by atoms with Crippen molar-refractivity contribution < 1.29 is 14.3 Å². The molecule has 6 nitrogen and oxygen atoms in total. The number of ether oxygens (including phenoxy) is 2. The van der Waals surface area contributed by atoms with Crippen molar-refractivity contribution in [1.82, 2.24) is 15.1 Å². The van der Waals surface area contributed by atoms with Gasteiger partial charge in [-0.25, -0.2) is 4.79 Å². The van der Waals surface area contributed by atoms with E-state index >= 15 is 0 Å². The van der Waals surface area contributed by atoms with Gasteiger partial charge in [-0.1, -0.05) is 36.4 Å². The van der Waals surface area contributed by atoms with Gasteiger partial charge in [0.15, 0.2) is 5.69 Å². The van der Waals surface area contributed by atoms with Crippen molar-refractivity contribution in [2.24, 2.45) is 0 Å². The quantitative estimate of drug-likeness (QED) is 0.570. The third-order valence-electron chi connectivity index (χ3n) is 6.28. The lowest BCUT2D eigenvalue weighted by Gasteiger charge is -2.27. The van der Waals surface area contributed by atoms with E-state index in [9.17, 15) is 4.79 Å². The van der Waals surface area contributed by atoms with Crippen molar-refractivity contribution in [1.29, 1.82) is 0 Å². The van der Waals surface area contributed by atoms with Crippen LogP contribution >= 0.6 is 0 Å². The van der Waals surface area contributed by atoms with E-state index in [1.807, 2.05) is 29.8 Å². The Kier molecular flexibility index (Phi) is 6.01. The van der Waals surface area contributed by atoms with Gasteiger partial charge in [0.25, 0.3) is 0 Å². The van der Waals surface area contributed by atoms with E-state index in [0.717, 1.165) is 55.1 Å². The molecule has 1 aromatic heterocycles. The van der Waals surface area contributed by atoms with Crippen LogP contribution in [0.2, 0.25) is 0 Å². The molecule has 33 heavy (non-hydrogen) atoms. The van der Waals surface area contributed by atoms with E-state index in [2.05, 4.69) is 53.7 Å². The number of esters is 1. The van der Waals surface area contributed by atoms with Crippen LogP contribution in [-0.2, 0) is 11.3 Å². The molecule has 0 unspecified atom stereocenters. The van der Waals surface area contributed by atoms with Crippen molar-refractivity contribution in [3.05, 3.63) is 82.7 Å². The average molecular weight is 444 g/mol. The highest BCUT2D eigenvalue weighted by atomic mass is 16.5. The normalized spacial score (nSPS) is 16.1. The number of nitrogens with one attached hydrogen (secondary N) is 1. The molecule has 0 saturated carbocycles. The van der Waals surface area contributed by atoms with Crippen LogP contribution in [0.1, 0.15) is 52.6 Å². The molecule has 2 aliphatic rings. The summed E-state index contributed by atoms with van der Waals surface area (Å²) in [5.74, 6) is 0.491. The van der Waals surface area contributed by atoms with Crippen molar-refractivity contribution >= 4 is 17.1 Å². The Bertz CT molecular complexity index is 1190. The molecule has 3 aromatic rings. The van der Waals surface area contributed by atoms with Gasteiger partial charge < -0.3 is 14.8 Å². The Balaban J connectivity index is 1.63. The number of rotatable bonds is 6. The molecule has 0 bridgehead atoms. The number of fused-ring (bicyclic) bond motifs is 1. The minimum atomic E-state index is -0.382. The van der Waals surface area contributed by atoms with Crippen LogP contribution in [0.5, 0.6) is 5.75 Å². The van der Waals surface area contributed by atoms with Gasteiger partial charge in [-0.15, -0.1) is 0 Å². The number of aromatic nitrogens is 2. The van der Waals surface area contributed by atoms with Gasteiger partial charge in [0.05, 0.1) is 12.3 Å². The van der Waals surface area contributed by atoms with Gasteiger partial charge in [-0.05, 0) is 67.2 Å². The molecule has 1 fully saturated rings. The average Bonchev–Trinajstić information content (AvgIpc) is 3.13. The summed E-state index contributed by atoms with van der Waals surface area (Å²) < 4.78 is 13.2. The number of carbonyl (C=O) groups is 1. The summed E-state index contributed by atoms with van der Waals surface area (Å²) in [5, 5.41) is 7.84. The fourth-order valence-corrected chi connectivity index (χ4v) is 4.52. The van der Waals surface area contributed by atoms with E-state index in [-0.39, 0.29) is 12.1 Å². The number of benzene rings is 2. The SMILES string of the molecule is CCOC(=O)c1cc2n(n1)CCCC(c1ccccc1C)=C2c1ccc(OC2CNC2)cc1. The fourth-order valence-electron chi connectivity index (χ4n) is 4.52. The van der Waals surface area contributed by atoms with Crippen LogP contribution in [0, 0.1) is 6.92 Å². The molecule has 3 heterocycles. The van der Waals surface area contributed by atoms with Crippen molar-refractivity contribution in [2.45, 2.75) is 39.3 Å². The topological polar surface area (TPSA) is 65.4 Å². The highest BCUT2D eigenvalue weighted by molar-refractivity contribution is 6.00. The second-order valence-electron chi connectivity index (χ2n) is 8.55. The standard InChI is InChI=1S/C27H29N3O3/c1-3-32-27(31)24-15-25-26(19-10-12-20(13-11-19)33-21-16-28-17-21)23(9-6-14-30(25)29-24)22-8-5-4-7-18(22)2/h4-5,7-8,10-13,15,21,28H,3,6,9,14,16-17H2,1-2H3. The van der Waals surface area contributed by atoms with Crippen molar-refractivity contribution in [3.8, 4) is 5.75 Å². The first kappa shape index (κ1) is 21.5. The summed E-state index contributed by atoms with van der Waals surface area (Å²) in [4.78, 5) is 12.4. The third-order valence-corrected chi connectivity index (χ3v) is 6.28. The van der Waals surface area contributed by atoms with Crippen LogP contribution in [0.15, 0.2) is 54.6 Å². The number of carbonyl (C=O) groups excluding carboxylic acids is 1. The molecule has 1 saturated heterocycles. The largest absolute Gasteiger partial charge is 0.488 e. The molecule has 0 atom stereocenters. The van der Waals surface area contributed by atoms with Crippen molar-refractivity contribution in [3.63, 3.8) is 0 Å². The van der Waals surface area contributed by atoms with Gasteiger partial charge in [0.2, 0.25) is 0 Å². The Labute approximate surface area is 194 Å². The molecule has 1 N–H and O–H groups in total. The fraction of sp³-hybridized carbons (Fsp3) is 0.333. The lowest BCUT2D eigenvalue weighted by Crippen LogP contribution is -2.50. The Hall–Kier alpha value is -3.38. The number of hydrogen-bond acceptors (Lipinski definition) is 5. The Morgan fingerprint density at radius 3 is 2.64 bits per heavy atom. The van der Waals surface area contributed by atoms with E-state index in [1.54, 1.807) is 0 Å². The van der Waals surface area contributed by atoms with Crippen LogP contribution < -0.4 is 10.1 Å². The molecule has 0 spiro atoms. The first-order valence-corrected chi connectivity index (χ1v) is 11.7. The number of allylic oxidation sites excluding steroid dienone is 1. The predicted molar refractivity (Wildman–Crippen MR) is 128 cm³/mol. The lowest BCUT2D eigenvalue weighted by atomic mass is 9.88. The van der Waals surface area contributed by atoms with Crippen LogP contribution in [0.25, 0.3) is 11.1 Å². The maximum atomic E-state index is 12.4. The molecule has 2 aromatic carbocycles. The Morgan fingerprint density at radius 1 is 1.15 bits per heavy atom. The highest BCUT2D eigenvalue weighted by Gasteiger charge is 2.25. The van der Waals surface area contributed by atoms with Gasteiger partial charge in [-0.2, -0.15) is 5.10 Å². The third kappa shape index (κ3) is 4.31. The summed E-state index contributed by atoms with van der Waals surface area (Å²) in [6.45, 7) is 6.82. The van der Waals surface area contributed by atoms with Crippen molar-refractivity contribution in [2.75, 3.05) is 19.7 Å². The predicted octanol–water partition coefficient (Wildman–Crippen LogP) is 4.47. The maximum absolute atomic E-state index is 12.4. The molecule has 0 aliphatic carbocycles. The van der Waals surface area contributed by atoms with Gasteiger partial charge in [0, 0.05) is 25.2 Å². The second-order valence-corrected chi connectivity index (χ2v) is 8.55. The summed E-state index contributed by atoms with van der Waals surface area (Å²) in [6.07, 6.45) is 2.12. The highest BCUT2D eigenvalue weighted by Crippen LogP contribution is 2.39. The van der Waals surface area contributed by atoms with Gasteiger partial charge >= 0.3 is 5.97 Å². The number of nitrogens with zero attached hydrogens (tertiary/aromatic N) is 2. The molecule has 0 amide bonds. The van der Waals surface area contributed by atoms with Crippen LogP contribution in [-0.4, -0.2) is 41.6 Å². The van der Waals surface area contributed by atoms with E-state index < -0.39 is 0 Å². The molecule has 170 valence electrons. The molecule has 2 aliphatic heterocycles.